The smallest absolute Gasteiger partial charge is 0.247 e. The van der Waals surface area contributed by atoms with Crippen LogP contribution in [0.2, 0.25) is 0 Å². The fourth-order valence-corrected chi connectivity index (χ4v) is 4.65. The highest BCUT2D eigenvalue weighted by molar-refractivity contribution is 8.01. The number of hydrogen-bond donors (Lipinski definition) is 2. The van der Waals surface area contributed by atoms with E-state index in [0.29, 0.717) is 32.5 Å². The van der Waals surface area contributed by atoms with E-state index in [9.17, 15) is 14.4 Å². The highest BCUT2D eigenvalue weighted by atomic mass is 32.2. The fourth-order valence-electron chi connectivity index (χ4n) is 3.58. The van der Waals surface area contributed by atoms with Crippen LogP contribution in [-0.2, 0) is 20.9 Å². The maximum absolute atomic E-state index is 12.9. The molecular formula is C21H22N4O3S. The molecule has 2 N–H and O–H groups in total. The molecule has 0 spiro atoms. The zero-order valence-corrected chi connectivity index (χ0v) is 16.7. The van der Waals surface area contributed by atoms with Crippen LogP contribution in [0.3, 0.4) is 0 Å². The Morgan fingerprint density at radius 2 is 1.97 bits per heavy atom. The molecule has 150 valence electrons. The number of amides is 3. The third-order valence-electron chi connectivity index (χ3n) is 5.22. The molecular weight excluding hydrogens is 388 g/mol. The molecule has 29 heavy (non-hydrogen) atoms. The number of fused-ring (bicyclic) bond motifs is 1. The molecule has 4 rings (SSSR count). The van der Waals surface area contributed by atoms with Crippen LogP contribution in [-0.4, -0.2) is 45.9 Å². The highest BCUT2D eigenvalue weighted by Gasteiger charge is 2.37. The van der Waals surface area contributed by atoms with Crippen LogP contribution < -0.4 is 10.6 Å². The highest BCUT2D eigenvalue weighted by Crippen LogP contribution is 2.36. The van der Waals surface area contributed by atoms with Crippen molar-refractivity contribution in [1.29, 1.82) is 0 Å². The first kappa shape index (κ1) is 19.4. The van der Waals surface area contributed by atoms with Gasteiger partial charge in [-0.05, 0) is 36.6 Å². The summed E-state index contributed by atoms with van der Waals surface area (Å²) in [6, 6.07) is 11.2. The largest absolute Gasteiger partial charge is 0.352 e. The van der Waals surface area contributed by atoms with E-state index in [0.717, 1.165) is 16.1 Å². The molecule has 3 heterocycles. The lowest BCUT2D eigenvalue weighted by Crippen LogP contribution is -2.49. The second-order valence-electron chi connectivity index (χ2n) is 7.16. The van der Waals surface area contributed by atoms with Gasteiger partial charge in [0.15, 0.2) is 5.25 Å². The summed E-state index contributed by atoms with van der Waals surface area (Å²) in [6.07, 6.45) is 4.62. The number of pyridine rings is 1. The van der Waals surface area contributed by atoms with Crippen LogP contribution in [0.25, 0.3) is 0 Å². The van der Waals surface area contributed by atoms with E-state index in [1.165, 1.54) is 11.8 Å². The van der Waals surface area contributed by atoms with Gasteiger partial charge in [0, 0.05) is 42.8 Å². The Bertz CT molecular complexity index is 913. The van der Waals surface area contributed by atoms with Gasteiger partial charge in [-0.15, -0.1) is 11.8 Å². The Hall–Kier alpha value is -2.87. The van der Waals surface area contributed by atoms with E-state index in [1.54, 1.807) is 17.3 Å². The molecule has 1 saturated heterocycles. The number of nitrogens with one attached hydrogen (secondary N) is 2. The second-order valence-corrected chi connectivity index (χ2v) is 8.31. The molecule has 8 heteroatoms. The van der Waals surface area contributed by atoms with E-state index >= 15 is 0 Å². The molecule has 1 unspecified atom stereocenters. The van der Waals surface area contributed by atoms with Crippen molar-refractivity contribution < 1.29 is 14.4 Å². The predicted molar refractivity (Wildman–Crippen MR) is 110 cm³/mol. The van der Waals surface area contributed by atoms with Crippen molar-refractivity contribution in [2.24, 2.45) is 5.92 Å². The van der Waals surface area contributed by atoms with Gasteiger partial charge >= 0.3 is 0 Å². The molecule has 3 amide bonds. The Balaban J connectivity index is 1.29. The van der Waals surface area contributed by atoms with Crippen molar-refractivity contribution in [3.63, 3.8) is 0 Å². The number of aromatic nitrogens is 1. The van der Waals surface area contributed by atoms with E-state index in [2.05, 4.69) is 15.6 Å². The molecule has 0 aliphatic carbocycles. The minimum absolute atomic E-state index is 0.000311. The third kappa shape index (κ3) is 4.42. The number of benzene rings is 1. The zero-order valence-electron chi connectivity index (χ0n) is 15.8. The lowest BCUT2D eigenvalue weighted by atomic mass is 9.95. The van der Waals surface area contributed by atoms with E-state index in [-0.39, 0.29) is 23.6 Å². The molecule has 0 bridgehead atoms. The minimum Gasteiger partial charge on any atom is -0.352 e. The van der Waals surface area contributed by atoms with Crippen LogP contribution in [0.15, 0.2) is 53.7 Å². The molecule has 2 aliphatic heterocycles. The summed E-state index contributed by atoms with van der Waals surface area (Å²) in [5, 5.41) is 4.98. The molecule has 1 aromatic heterocycles. The van der Waals surface area contributed by atoms with E-state index in [1.807, 2.05) is 36.4 Å². The SMILES string of the molecule is O=C(NCc1cccnc1)C1CCN(C(=O)C2Sc3ccccc3NC2=O)CC1. The number of thioether (sulfide) groups is 1. The molecule has 0 radical (unpaired) electrons. The van der Waals surface area contributed by atoms with Gasteiger partial charge in [0.25, 0.3) is 0 Å². The fraction of sp³-hybridized carbons (Fsp3) is 0.333. The van der Waals surface area contributed by atoms with Crippen LogP contribution in [0.1, 0.15) is 18.4 Å². The number of nitrogens with zero attached hydrogens (tertiary/aromatic N) is 2. The molecule has 1 atom stereocenters. The van der Waals surface area contributed by atoms with Gasteiger partial charge in [-0.25, -0.2) is 0 Å². The Morgan fingerprint density at radius 3 is 2.72 bits per heavy atom. The first-order valence-corrected chi connectivity index (χ1v) is 10.5. The average Bonchev–Trinajstić information content (AvgIpc) is 2.77. The molecule has 1 aromatic carbocycles. The van der Waals surface area contributed by atoms with Gasteiger partial charge in [0.2, 0.25) is 17.7 Å². The number of likely N-dealkylation sites (tertiary alicyclic amines) is 1. The van der Waals surface area contributed by atoms with Crippen LogP contribution in [0.4, 0.5) is 5.69 Å². The summed E-state index contributed by atoms with van der Waals surface area (Å²) in [4.78, 5) is 44.4. The normalized spacial score (nSPS) is 19.2. The summed E-state index contributed by atoms with van der Waals surface area (Å²) in [6.45, 7) is 1.41. The molecule has 1 fully saturated rings. The van der Waals surface area contributed by atoms with Crippen molar-refractivity contribution in [3.8, 4) is 0 Å². The maximum Gasteiger partial charge on any atom is 0.247 e. The van der Waals surface area contributed by atoms with Gasteiger partial charge in [0.05, 0.1) is 5.69 Å². The van der Waals surface area contributed by atoms with Gasteiger partial charge < -0.3 is 15.5 Å². The Kier molecular flexibility index (Phi) is 5.80. The van der Waals surface area contributed by atoms with Crippen LogP contribution in [0.5, 0.6) is 0 Å². The van der Waals surface area contributed by atoms with Gasteiger partial charge in [-0.1, -0.05) is 18.2 Å². The predicted octanol–water partition coefficient (Wildman–Crippen LogP) is 2.05. The van der Waals surface area contributed by atoms with Gasteiger partial charge in [0.1, 0.15) is 0 Å². The van der Waals surface area contributed by atoms with Gasteiger partial charge in [-0.2, -0.15) is 0 Å². The minimum atomic E-state index is -0.777. The van der Waals surface area contributed by atoms with Crippen LogP contribution in [0, 0.1) is 5.92 Å². The molecule has 7 nitrogen and oxygen atoms in total. The number of carbonyl (C=O) groups excluding carboxylic acids is 3. The van der Waals surface area contributed by atoms with Crippen molar-refractivity contribution in [1.82, 2.24) is 15.2 Å². The molecule has 2 aliphatic rings. The summed E-state index contributed by atoms with van der Waals surface area (Å²) >= 11 is 1.29. The van der Waals surface area contributed by atoms with E-state index < -0.39 is 5.25 Å². The Labute approximate surface area is 173 Å². The average molecular weight is 410 g/mol. The standard InChI is InChI=1S/C21H22N4O3S/c26-19(23-13-14-4-3-9-22-12-14)15-7-10-25(11-8-15)21(28)18-20(27)24-16-5-1-2-6-17(16)29-18/h1-6,9,12,15,18H,7-8,10-11,13H2,(H,23,26)(H,24,27). The quantitative estimate of drug-likeness (QED) is 0.753. The molecule has 2 aromatic rings. The number of rotatable bonds is 4. The Morgan fingerprint density at radius 1 is 1.17 bits per heavy atom. The second kappa shape index (κ2) is 8.65. The summed E-state index contributed by atoms with van der Waals surface area (Å²) < 4.78 is 0. The summed E-state index contributed by atoms with van der Waals surface area (Å²) in [5.74, 6) is -0.588. The van der Waals surface area contributed by atoms with E-state index in [4.69, 9.17) is 0 Å². The van der Waals surface area contributed by atoms with Crippen LogP contribution >= 0.6 is 11.8 Å². The lowest BCUT2D eigenvalue weighted by molar-refractivity contribution is -0.137. The number of anilines is 1. The van der Waals surface area contributed by atoms with Gasteiger partial charge in [-0.3, -0.25) is 19.4 Å². The number of hydrogen-bond acceptors (Lipinski definition) is 5. The third-order valence-corrected chi connectivity index (χ3v) is 6.48. The van der Waals surface area contributed by atoms with Crippen molar-refractivity contribution in [2.75, 3.05) is 18.4 Å². The van der Waals surface area contributed by atoms with Crippen molar-refractivity contribution in [3.05, 3.63) is 54.4 Å². The lowest BCUT2D eigenvalue weighted by Gasteiger charge is -2.34. The number of para-hydroxylation sites is 1. The summed E-state index contributed by atoms with van der Waals surface area (Å²) in [5.41, 5.74) is 1.70. The maximum atomic E-state index is 12.9. The van der Waals surface area contributed by atoms with Crippen molar-refractivity contribution in [2.45, 2.75) is 29.5 Å². The number of piperidine rings is 1. The zero-order chi connectivity index (χ0) is 20.2. The van der Waals surface area contributed by atoms with Crippen molar-refractivity contribution >= 4 is 35.2 Å². The topological polar surface area (TPSA) is 91.4 Å². The summed E-state index contributed by atoms with van der Waals surface area (Å²) in [7, 11) is 0. The first-order valence-electron chi connectivity index (χ1n) is 9.64. The number of carbonyl (C=O) groups is 3. The monoisotopic (exact) mass is 410 g/mol. The molecule has 0 saturated carbocycles. The first-order chi connectivity index (χ1) is 14.1.